The van der Waals surface area contributed by atoms with Crippen LogP contribution in [0.25, 0.3) is 5.69 Å². The molecule has 0 atom stereocenters. The number of carbonyl (C=O) groups excluding carboxylic acids is 1. The van der Waals surface area contributed by atoms with Crippen LogP contribution in [0.4, 0.5) is 0 Å². The summed E-state index contributed by atoms with van der Waals surface area (Å²) in [4.78, 5) is 20.1. The fraction of sp³-hybridized carbons (Fsp3) is 0.476. The second kappa shape index (κ2) is 8.04. The van der Waals surface area contributed by atoms with Gasteiger partial charge in [-0.25, -0.2) is 4.68 Å². The number of nitrogens with one attached hydrogen (secondary N) is 1. The maximum Gasteiger partial charge on any atom is 0.219 e. The Morgan fingerprint density at radius 3 is 2.50 bits per heavy atom. The van der Waals surface area contributed by atoms with Gasteiger partial charge in [-0.3, -0.25) is 9.79 Å². The lowest BCUT2D eigenvalue weighted by Crippen LogP contribution is -2.53. The fourth-order valence-electron chi connectivity index (χ4n) is 4.17. The maximum atomic E-state index is 11.5. The number of aromatic nitrogens is 2. The molecule has 1 aliphatic carbocycles. The molecule has 2 aromatic rings. The number of carbonyl (C=O) groups is 1. The lowest BCUT2D eigenvalue weighted by molar-refractivity contribution is -0.130. The van der Waals surface area contributed by atoms with Crippen LogP contribution >= 0.6 is 0 Å². The highest BCUT2D eigenvalue weighted by Gasteiger charge is 2.24. The van der Waals surface area contributed by atoms with Gasteiger partial charge in [0.2, 0.25) is 5.91 Å². The summed E-state index contributed by atoms with van der Waals surface area (Å²) in [5.74, 6) is 1.02. The number of rotatable bonds is 3. The molecule has 1 amide bonds. The van der Waals surface area contributed by atoms with E-state index in [2.05, 4.69) is 44.2 Å². The molecular weight excluding hydrogens is 352 g/mol. The summed E-state index contributed by atoms with van der Waals surface area (Å²) in [5.41, 5.74) is 4.96. The van der Waals surface area contributed by atoms with Crippen molar-refractivity contribution in [2.75, 3.05) is 33.2 Å². The van der Waals surface area contributed by atoms with E-state index in [1.54, 1.807) is 6.92 Å². The van der Waals surface area contributed by atoms with Gasteiger partial charge in [-0.2, -0.15) is 5.10 Å². The fourth-order valence-corrected chi connectivity index (χ4v) is 4.17. The summed E-state index contributed by atoms with van der Waals surface area (Å²) in [7, 11) is 1.81. The van der Waals surface area contributed by atoms with Crippen molar-refractivity contribution in [2.45, 2.75) is 32.7 Å². The van der Waals surface area contributed by atoms with Gasteiger partial charge in [0.1, 0.15) is 0 Å². The number of benzene rings is 1. The third kappa shape index (κ3) is 3.61. The second-order valence-electron chi connectivity index (χ2n) is 7.37. The van der Waals surface area contributed by atoms with Crippen molar-refractivity contribution in [1.29, 1.82) is 0 Å². The number of hydrogen-bond donors (Lipinski definition) is 1. The van der Waals surface area contributed by atoms with E-state index >= 15 is 0 Å². The standard InChI is InChI=1S/C21H28N6O/c1-16(28)25-11-13-26(14-12-25)21(22-2)23-15-19-18-9-6-10-20(18)27(24-19)17-7-4-3-5-8-17/h3-5,7-8H,6,9-15H2,1-2H3,(H,22,23). The summed E-state index contributed by atoms with van der Waals surface area (Å²) >= 11 is 0. The van der Waals surface area contributed by atoms with Gasteiger partial charge in [-0.1, -0.05) is 18.2 Å². The van der Waals surface area contributed by atoms with Crippen molar-refractivity contribution < 1.29 is 4.79 Å². The predicted octanol–water partition coefficient (Wildman–Crippen LogP) is 1.60. The number of nitrogens with zero attached hydrogens (tertiary/aromatic N) is 5. The van der Waals surface area contributed by atoms with Crippen molar-refractivity contribution in [3.63, 3.8) is 0 Å². The smallest absolute Gasteiger partial charge is 0.219 e. The van der Waals surface area contributed by atoms with Crippen LogP contribution in [0.1, 0.15) is 30.3 Å². The first kappa shape index (κ1) is 18.5. The Bertz CT molecular complexity index is 865. The molecule has 2 heterocycles. The number of amides is 1. The van der Waals surface area contributed by atoms with Gasteiger partial charge < -0.3 is 15.1 Å². The average molecular weight is 380 g/mol. The van der Waals surface area contributed by atoms with Gasteiger partial charge in [-0.05, 0) is 37.0 Å². The molecule has 0 bridgehead atoms. The zero-order valence-corrected chi connectivity index (χ0v) is 16.7. The number of aliphatic imine (C=N–C) groups is 1. The van der Waals surface area contributed by atoms with Gasteiger partial charge >= 0.3 is 0 Å². The van der Waals surface area contributed by atoms with Crippen LogP contribution in [0.2, 0.25) is 0 Å². The summed E-state index contributed by atoms with van der Waals surface area (Å²) in [6, 6.07) is 10.4. The van der Waals surface area contributed by atoms with Crippen LogP contribution < -0.4 is 5.32 Å². The van der Waals surface area contributed by atoms with Crippen LogP contribution in [-0.4, -0.2) is 64.7 Å². The van der Waals surface area contributed by atoms with Gasteiger partial charge in [0.25, 0.3) is 0 Å². The van der Waals surface area contributed by atoms with E-state index in [9.17, 15) is 4.79 Å². The van der Waals surface area contributed by atoms with Gasteiger partial charge in [0.15, 0.2) is 5.96 Å². The lowest BCUT2D eigenvalue weighted by Gasteiger charge is -2.36. The van der Waals surface area contributed by atoms with E-state index in [1.165, 1.54) is 17.7 Å². The molecule has 4 rings (SSSR count). The van der Waals surface area contributed by atoms with Crippen LogP contribution in [0.5, 0.6) is 0 Å². The number of guanidine groups is 1. The predicted molar refractivity (Wildman–Crippen MR) is 110 cm³/mol. The molecule has 0 unspecified atom stereocenters. The molecular formula is C21H28N6O. The molecule has 1 aliphatic heterocycles. The third-order valence-corrected chi connectivity index (χ3v) is 5.66. The zero-order chi connectivity index (χ0) is 19.5. The zero-order valence-electron chi connectivity index (χ0n) is 16.7. The SMILES string of the molecule is CN=C(NCc1nn(-c2ccccc2)c2c1CCC2)N1CCN(C(C)=O)CC1. The van der Waals surface area contributed by atoms with Crippen molar-refractivity contribution in [3.05, 3.63) is 47.3 Å². The van der Waals surface area contributed by atoms with Crippen LogP contribution in [0.15, 0.2) is 35.3 Å². The van der Waals surface area contributed by atoms with E-state index in [4.69, 9.17) is 5.10 Å². The summed E-state index contributed by atoms with van der Waals surface area (Å²) in [6.07, 6.45) is 3.36. The first-order valence-corrected chi connectivity index (χ1v) is 10.0. The molecule has 2 aliphatic rings. The molecule has 1 N–H and O–H groups in total. The average Bonchev–Trinajstić information content (AvgIpc) is 3.33. The monoisotopic (exact) mass is 380 g/mol. The minimum atomic E-state index is 0.143. The van der Waals surface area contributed by atoms with Gasteiger partial charge in [0, 0.05) is 45.8 Å². The number of hydrogen-bond acceptors (Lipinski definition) is 3. The van der Waals surface area contributed by atoms with Crippen LogP contribution in [0.3, 0.4) is 0 Å². The second-order valence-corrected chi connectivity index (χ2v) is 7.37. The Morgan fingerprint density at radius 1 is 1.11 bits per heavy atom. The van der Waals surface area contributed by atoms with Crippen molar-refractivity contribution in [2.24, 2.45) is 4.99 Å². The molecule has 0 radical (unpaired) electrons. The minimum absolute atomic E-state index is 0.143. The van der Waals surface area contributed by atoms with Crippen molar-refractivity contribution >= 4 is 11.9 Å². The Balaban J connectivity index is 1.46. The van der Waals surface area contributed by atoms with Crippen LogP contribution in [0, 0.1) is 0 Å². The molecule has 1 aromatic carbocycles. The topological polar surface area (TPSA) is 65.8 Å². The highest BCUT2D eigenvalue weighted by Crippen LogP contribution is 2.27. The first-order chi connectivity index (χ1) is 13.7. The molecule has 28 heavy (non-hydrogen) atoms. The summed E-state index contributed by atoms with van der Waals surface area (Å²) in [5, 5.41) is 8.41. The van der Waals surface area contributed by atoms with Crippen molar-refractivity contribution in [1.82, 2.24) is 24.9 Å². The first-order valence-electron chi connectivity index (χ1n) is 10.0. The summed E-state index contributed by atoms with van der Waals surface area (Å²) in [6.45, 7) is 5.39. The quantitative estimate of drug-likeness (QED) is 0.649. The molecule has 1 saturated heterocycles. The Labute approximate surface area is 166 Å². The normalized spacial score (nSPS) is 17.0. The van der Waals surface area contributed by atoms with Gasteiger partial charge in [-0.15, -0.1) is 0 Å². The molecule has 0 spiro atoms. The van der Waals surface area contributed by atoms with Gasteiger partial charge in [0.05, 0.1) is 17.9 Å². The largest absolute Gasteiger partial charge is 0.351 e. The van der Waals surface area contributed by atoms with Crippen LogP contribution in [-0.2, 0) is 24.2 Å². The van der Waals surface area contributed by atoms with E-state index < -0.39 is 0 Å². The maximum absolute atomic E-state index is 11.5. The molecule has 1 aromatic heterocycles. The molecule has 7 nitrogen and oxygen atoms in total. The summed E-state index contributed by atoms with van der Waals surface area (Å²) < 4.78 is 2.10. The van der Waals surface area contributed by atoms with E-state index in [1.807, 2.05) is 18.0 Å². The number of fused-ring (bicyclic) bond motifs is 1. The van der Waals surface area contributed by atoms with E-state index in [-0.39, 0.29) is 5.91 Å². The van der Waals surface area contributed by atoms with E-state index in [0.29, 0.717) is 6.54 Å². The molecule has 7 heteroatoms. The third-order valence-electron chi connectivity index (χ3n) is 5.66. The highest BCUT2D eigenvalue weighted by molar-refractivity contribution is 5.80. The van der Waals surface area contributed by atoms with E-state index in [0.717, 1.165) is 56.4 Å². The lowest BCUT2D eigenvalue weighted by atomic mass is 10.2. The molecule has 0 saturated carbocycles. The highest BCUT2D eigenvalue weighted by atomic mass is 16.2. The minimum Gasteiger partial charge on any atom is -0.351 e. The number of piperazine rings is 1. The Morgan fingerprint density at radius 2 is 1.82 bits per heavy atom. The van der Waals surface area contributed by atoms with Crippen molar-refractivity contribution in [3.8, 4) is 5.69 Å². The Hall–Kier alpha value is -2.83. The molecule has 148 valence electrons. The Kier molecular flexibility index (Phi) is 5.32. The molecule has 1 fully saturated rings. The number of para-hydroxylation sites is 1.